The van der Waals surface area contributed by atoms with E-state index in [1.807, 2.05) is 36.4 Å². The number of hydrogen-bond acceptors (Lipinski definition) is 4. The van der Waals surface area contributed by atoms with Crippen LogP contribution in [-0.4, -0.2) is 27.3 Å². The van der Waals surface area contributed by atoms with E-state index in [0.717, 1.165) is 23.4 Å². The zero-order valence-corrected chi connectivity index (χ0v) is 12.9. The molecule has 0 saturated carbocycles. The van der Waals surface area contributed by atoms with E-state index in [9.17, 15) is 4.79 Å². The van der Waals surface area contributed by atoms with E-state index < -0.39 is 0 Å². The summed E-state index contributed by atoms with van der Waals surface area (Å²) in [4.78, 5) is 16.4. The molecule has 4 rings (SSSR count). The Morgan fingerprint density at radius 1 is 1.17 bits per heavy atom. The summed E-state index contributed by atoms with van der Waals surface area (Å²) in [7, 11) is 0. The van der Waals surface area contributed by atoms with Crippen molar-refractivity contribution in [1.82, 2.24) is 20.1 Å². The smallest absolute Gasteiger partial charge is 0.251 e. The first kappa shape index (κ1) is 14.4. The molecule has 1 amide bonds. The predicted molar refractivity (Wildman–Crippen MR) is 88.1 cm³/mol. The first-order valence-corrected chi connectivity index (χ1v) is 7.79. The summed E-state index contributed by atoms with van der Waals surface area (Å²) < 4.78 is 7.28. The summed E-state index contributed by atoms with van der Waals surface area (Å²) in [5.41, 5.74) is 2.50. The number of hydrogen-bond donors (Lipinski definition) is 1. The summed E-state index contributed by atoms with van der Waals surface area (Å²) in [5.74, 6) is 0.748. The van der Waals surface area contributed by atoms with Crippen LogP contribution in [0.5, 0.6) is 5.75 Å². The SMILES string of the molecule is O=C(N[C@H]1CCOc2ccccc21)c1ccc(-n2cncn2)cc1. The minimum atomic E-state index is -0.0955. The summed E-state index contributed by atoms with van der Waals surface area (Å²) in [6, 6.07) is 15.1. The van der Waals surface area contributed by atoms with E-state index >= 15 is 0 Å². The first-order chi connectivity index (χ1) is 11.8. The Balaban J connectivity index is 1.51. The van der Waals surface area contributed by atoms with Crippen LogP contribution in [0.3, 0.4) is 0 Å². The van der Waals surface area contributed by atoms with Gasteiger partial charge < -0.3 is 10.1 Å². The van der Waals surface area contributed by atoms with E-state index in [2.05, 4.69) is 15.4 Å². The van der Waals surface area contributed by atoms with Gasteiger partial charge in [-0.3, -0.25) is 4.79 Å². The number of aromatic nitrogens is 3. The Kier molecular flexibility index (Phi) is 3.70. The van der Waals surface area contributed by atoms with Gasteiger partial charge >= 0.3 is 0 Å². The Morgan fingerprint density at radius 3 is 2.79 bits per heavy atom. The van der Waals surface area contributed by atoms with Gasteiger partial charge in [-0.1, -0.05) is 18.2 Å². The molecule has 6 heteroatoms. The van der Waals surface area contributed by atoms with Gasteiger partial charge in [0.2, 0.25) is 0 Å². The van der Waals surface area contributed by atoms with Crippen molar-refractivity contribution >= 4 is 5.91 Å². The van der Waals surface area contributed by atoms with E-state index in [1.54, 1.807) is 23.1 Å². The monoisotopic (exact) mass is 320 g/mol. The molecule has 1 aliphatic heterocycles. The number of ether oxygens (including phenoxy) is 1. The molecule has 1 atom stereocenters. The lowest BCUT2D eigenvalue weighted by Gasteiger charge is -2.26. The van der Waals surface area contributed by atoms with Crippen molar-refractivity contribution in [1.29, 1.82) is 0 Å². The van der Waals surface area contributed by atoms with Gasteiger partial charge in [0.1, 0.15) is 18.4 Å². The minimum absolute atomic E-state index is 0.0301. The van der Waals surface area contributed by atoms with Crippen molar-refractivity contribution in [3.8, 4) is 11.4 Å². The van der Waals surface area contributed by atoms with Gasteiger partial charge in [0.25, 0.3) is 5.91 Å². The molecule has 1 aromatic heterocycles. The van der Waals surface area contributed by atoms with Crippen LogP contribution in [-0.2, 0) is 0 Å². The van der Waals surface area contributed by atoms with Gasteiger partial charge in [0, 0.05) is 17.5 Å². The van der Waals surface area contributed by atoms with Gasteiger partial charge in [-0.25, -0.2) is 9.67 Å². The summed E-state index contributed by atoms with van der Waals surface area (Å²) in [6.07, 6.45) is 3.86. The first-order valence-electron chi connectivity index (χ1n) is 7.79. The fourth-order valence-corrected chi connectivity index (χ4v) is 2.84. The molecule has 120 valence electrons. The molecule has 0 bridgehead atoms. The predicted octanol–water partition coefficient (Wildman–Crippen LogP) is 2.52. The van der Waals surface area contributed by atoms with Gasteiger partial charge in [-0.2, -0.15) is 5.10 Å². The highest BCUT2D eigenvalue weighted by molar-refractivity contribution is 5.94. The molecular weight excluding hydrogens is 304 g/mol. The zero-order chi connectivity index (χ0) is 16.4. The lowest BCUT2D eigenvalue weighted by molar-refractivity contribution is 0.0925. The number of fused-ring (bicyclic) bond motifs is 1. The van der Waals surface area contributed by atoms with Crippen LogP contribution in [0.15, 0.2) is 61.2 Å². The molecule has 0 radical (unpaired) electrons. The second-order valence-electron chi connectivity index (χ2n) is 5.59. The summed E-state index contributed by atoms with van der Waals surface area (Å²) >= 11 is 0. The number of rotatable bonds is 3. The van der Waals surface area contributed by atoms with Crippen molar-refractivity contribution in [3.63, 3.8) is 0 Å². The highest BCUT2D eigenvalue weighted by Crippen LogP contribution is 2.31. The van der Waals surface area contributed by atoms with Crippen LogP contribution in [0.25, 0.3) is 5.69 Å². The molecule has 0 unspecified atom stereocenters. The highest BCUT2D eigenvalue weighted by Gasteiger charge is 2.23. The molecule has 0 saturated heterocycles. The summed E-state index contributed by atoms with van der Waals surface area (Å²) in [5, 5.41) is 7.16. The number of benzene rings is 2. The van der Waals surface area contributed by atoms with Crippen LogP contribution in [0.4, 0.5) is 0 Å². The van der Waals surface area contributed by atoms with E-state index in [4.69, 9.17) is 4.74 Å². The van der Waals surface area contributed by atoms with Crippen molar-refractivity contribution in [2.45, 2.75) is 12.5 Å². The fourth-order valence-electron chi connectivity index (χ4n) is 2.84. The molecule has 2 aromatic carbocycles. The lowest BCUT2D eigenvalue weighted by Crippen LogP contribution is -2.32. The Labute approximate surface area is 139 Å². The van der Waals surface area contributed by atoms with Crippen molar-refractivity contribution in [2.75, 3.05) is 6.61 Å². The molecule has 0 spiro atoms. The quantitative estimate of drug-likeness (QED) is 0.805. The number of nitrogens with zero attached hydrogens (tertiary/aromatic N) is 3. The second kappa shape index (κ2) is 6.16. The molecule has 1 N–H and O–H groups in total. The molecule has 2 heterocycles. The van der Waals surface area contributed by atoms with Crippen molar-refractivity contribution in [3.05, 3.63) is 72.3 Å². The third-order valence-electron chi connectivity index (χ3n) is 4.08. The number of amides is 1. The Bertz CT molecular complexity index is 844. The molecule has 1 aliphatic rings. The van der Waals surface area contributed by atoms with Crippen LogP contribution in [0, 0.1) is 0 Å². The number of para-hydroxylation sites is 1. The van der Waals surface area contributed by atoms with Crippen LogP contribution in [0.1, 0.15) is 28.4 Å². The maximum atomic E-state index is 12.5. The number of carbonyl (C=O) groups is 1. The van der Waals surface area contributed by atoms with E-state index in [1.165, 1.54) is 6.33 Å². The normalized spacial score (nSPS) is 16.1. The Hall–Kier alpha value is -3.15. The second-order valence-corrected chi connectivity index (χ2v) is 5.59. The van der Waals surface area contributed by atoms with E-state index in [0.29, 0.717) is 12.2 Å². The van der Waals surface area contributed by atoms with Crippen LogP contribution >= 0.6 is 0 Å². The lowest BCUT2D eigenvalue weighted by atomic mass is 10.00. The topological polar surface area (TPSA) is 69.0 Å². The summed E-state index contributed by atoms with van der Waals surface area (Å²) in [6.45, 7) is 0.604. The number of carbonyl (C=O) groups excluding carboxylic acids is 1. The van der Waals surface area contributed by atoms with Crippen molar-refractivity contribution in [2.24, 2.45) is 0 Å². The third-order valence-corrected chi connectivity index (χ3v) is 4.08. The fraction of sp³-hybridized carbons (Fsp3) is 0.167. The molecule has 0 aliphatic carbocycles. The van der Waals surface area contributed by atoms with Gasteiger partial charge in [-0.15, -0.1) is 0 Å². The average Bonchev–Trinajstić information content (AvgIpc) is 3.17. The molecule has 0 fully saturated rings. The maximum Gasteiger partial charge on any atom is 0.251 e. The molecule has 6 nitrogen and oxygen atoms in total. The molecule has 24 heavy (non-hydrogen) atoms. The van der Waals surface area contributed by atoms with Gasteiger partial charge in [-0.05, 0) is 30.3 Å². The van der Waals surface area contributed by atoms with Crippen molar-refractivity contribution < 1.29 is 9.53 Å². The van der Waals surface area contributed by atoms with Gasteiger partial charge in [0.05, 0.1) is 18.3 Å². The maximum absolute atomic E-state index is 12.5. The zero-order valence-electron chi connectivity index (χ0n) is 12.9. The van der Waals surface area contributed by atoms with Gasteiger partial charge in [0.15, 0.2) is 0 Å². The number of nitrogens with one attached hydrogen (secondary N) is 1. The van der Waals surface area contributed by atoms with E-state index in [-0.39, 0.29) is 11.9 Å². The highest BCUT2D eigenvalue weighted by atomic mass is 16.5. The van der Waals surface area contributed by atoms with Crippen LogP contribution in [0.2, 0.25) is 0 Å². The Morgan fingerprint density at radius 2 is 2.00 bits per heavy atom. The molecule has 3 aromatic rings. The standard InChI is InChI=1S/C18H16N4O2/c23-18(13-5-7-14(8-6-13)22-12-19-11-20-22)21-16-9-10-24-17-4-2-1-3-15(16)17/h1-8,11-12,16H,9-10H2,(H,21,23)/t16-/m0/s1. The molecular formula is C18H16N4O2. The van der Waals surface area contributed by atoms with Crippen LogP contribution < -0.4 is 10.1 Å². The average molecular weight is 320 g/mol. The largest absolute Gasteiger partial charge is 0.493 e. The third kappa shape index (κ3) is 2.74. The minimum Gasteiger partial charge on any atom is -0.493 e.